The van der Waals surface area contributed by atoms with Crippen LogP contribution in [0.25, 0.3) is 16.2 Å². The predicted octanol–water partition coefficient (Wildman–Crippen LogP) is 5.75. The van der Waals surface area contributed by atoms with Crippen LogP contribution < -0.4 is 0 Å². The van der Waals surface area contributed by atoms with Crippen molar-refractivity contribution in [3.8, 4) is 10.4 Å². The Bertz CT molecular complexity index is 876. The molecule has 28 heavy (non-hydrogen) atoms. The van der Waals surface area contributed by atoms with Gasteiger partial charge < -0.3 is 10.6 Å². The van der Waals surface area contributed by atoms with E-state index in [1.54, 1.807) is 11.0 Å². The molecule has 1 N–H and O–H groups in total. The second kappa shape index (κ2) is 7.48. The van der Waals surface area contributed by atoms with Crippen LogP contribution in [0.1, 0.15) is 59.1 Å². The molecule has 0 spiro atoms. The molecule has 2 aromatic rings. The van der Waals surface area contributed by atoms with Crippen molar-refractivity contribution in [3.05, 3.63) is 46.3 Å². The highest BCUT2D eigenvalue weighted by Gasteiger charge is 2.35. The maximum atomic E-state index is 13.3. The quantitative estimate of drug-likeness (QED) is 0.646. The molecule has 1 saturated heterocycles. The number of nitrogens with zero attached hydrogens (tertiary/aromatic N) is 2. The summed E-state index contributed by atoms with van der Waals surface area (Å²) in [6, 6.07) is 4.96. The minimum absolute atomic E-state index is 0.129. The number of likely N-dealkylation sites (tertiary alicyclic amines) is 1. The van der Waals surface area contributed by atoms with Crippen LogP contribution in [0.3, 0.4) is 0 Å². The second-order valence-corrected chi connectivity index (χ2v) is 8.47. The molecule has 1 saturated carbocycles. The summed E-state index contributed by atoms with van der Waals surface area (Å²) in [6.45, 7) is 0.699. The maximum absolute atomic E-state index is 13.3. The van der Waals surface area contributed by atoms with Gasteiger partial charge in [-0.1, -0.05) is 12.1 Å². The predicted molar refractivity (Wildman–Crippen MR) is 102 cm³/mol. The zero-order valence-corrected chi connectivity index (χ0v) is 16.1. The summed E-state index contributed by atoms with van der Waals surface area (Å²) in [7, 11) is 0. The van der Waals surface area contributed by atoms with E-state index in [-0.39, 0.29) is 24.2 Å². The molecule has 1 aromatic carbocycles. The molecule has 1 amide bonds. The lowest BCUT2D eigenvalue weighted by Gasteiger charge is -2.37. The van der Waals surface area contributed by atoms with Gasteiger partial charge in [-0.25, -0.2) is 4.98 Å². The number of aromatic nitrogens is 1. The van der Waals surface area contributed by atoms with Crippen molar-refractivity contribution in [3.63, 3.8) is 0 Å². The molecule has 8 heteroatoms. The number of nitrogens with one attached hydrogen (secondary N) is 1. The van der Waals surface area contributed by atoms with Crippen molar-refractivity contribution in [2.75, 3.05) is 13.1 Å². The number of carbonyl (C=O) groups is 1. The number of amides is 1. The summed E-state index contributed by atoms with van der Waals surface area (Å²) in [5.41, 5.74) is 7.63. The summed E-state index contributed by atoms with van der Waals surface area (Å²) in [6.07, 6.45) is 0.213. The van der Waals surface area contributed by atoms with Crippen molar-refractivity contribution in [2.24, 2.45) is 0 Å². The zero-order chi connectivity index (χ0) is 19.9. The first-order valence-corrected chi connectivity index (χ1v) is 10.3. The van der Waals surface area contributed by atoms with E-state index in [0.29, 0.717) is 22.9 Å². The van der Waals surface area contributed by atoms with Crippen molar-refractivity contribution in [1.82, 2.24) is 9.88 Å². The van der Waals surface area contributed by atoms with Crippen molar-refractivity contribution >= 4 is 17.2 Å². The minimum Gasteiger partial charge on any atom is -0.676 e. The molecule has 0 bridgehead atoms. The van der Waals surface area contributed by atoms with Crippen LogP contribution in [0.2, 0.25) is 0 Å². The highest BCUT2D eigenvalue weighted by atomic mass is 32.1. The molecule has 2 aliphatic rings. The number of rotatable bonds is 4. The van der Waals surface area contributed by atoms with Gasteiger partial charge in [0.25, 0.3) is 5.91 Å². The summed E-state index contributed by atoms with van der Waals surface area (Å²) in [5.74, 6) is 0.0527. The van der Waals surface area contributed by atoms with E-state index < -0.39 is 11.7 Å². The number of hydrogen-bond donors (Lipinski definition) is 0. The molecule has 1 unspecified atom stereocenters. The van der Waals surface area contributed by atoms with Gasteiger partial charge in [0, 0.05) is 18.5 Å². The van der Waals surface area contributed by atoms with Gasteiger partial charge in [-0.15, -0.1) is 17.9 Å². The van der Waals surface area contributed by atoms with Crippen molar-refractivity contribution in [2.45, 2.75) is 50.2 Å². The number of hydrogen-bond acceptors (Lipinski definition) is 3. The normalized spacial score (nSPS) is 20.4. The molecular formula is C20H21F3N3OS-. The van der Waals surface area contributed by atoms with Crippen molar-refractivity contribution < 1.29 is 18.0 Å². The van der Waals surface area contributed by atoms with E-state index in [9.17, 15) is 18.0 Å². The lowest BCUT2D eigenvalue weighted by Crippen LogP contribution is -2.45. The molecule has 1 aromatic heterocycles. The molecular weight excluding hydrogens is 387 g/mol. The summed E-state index contributed by atoms with van der Waals surface area (Å²) in [4.78, 5) is 20.0. The molecule has 0 radical (unpaired) electrons. The van der Waals surface area contributed by atoms with Crippen LogP contribution in [0.15, 0.2) is 24.3 Å². The average molecular weight is 408 g/mol. The van der Waals surface area contributed by atoms with E-state index in [4.69, 9.17) is 5.73 Å². The third-order valence-corrected chi connectivity index (χ3v) is 6.62. The Morgan fingerprint density at radius 1 is 1.25 bits per heavy atom. The molecule has 2 heterocycles. The molecule has 4 rings (SSSR count). The van der Waals surface area contributed by atoms with Gasteiger partial charge in [0.1, 0.15) is 5.69 Å². The van der Waals surface area contributed by atoms with Gasteiger partial charge >= 0.3 is 6.18 Å². The zero-order valence-electron chi connectivity index (χ0n) is 15.3. The average Bonchev–Trinajstić information content (AvgIpc) is 3.45. The standard InChI is InChI=1S/C20H21F3N3OS/c21-20(22,23)14-5-3-4-13(10-14)17-16(25-18(28-17)12-7-8-12)19(27)26-9-2-1-6-15(26)11-24/h3-5,10,12,15,24H,1-2,6-9,11H2/q-1. The largest absolute Gasteiger partial charge is 0.676 e. The van der Waals surface area contributed by atoms with E-state index in [1.807, 2.05) is 0 Å². The molecule has 1 atom stereocenters. The number of benzene rings is 1. The van der Waals surface area contributed by atoms with Crippen molar-refractivity contribution in [1.29, 1.82) is 0 Å². The summed E-state index contributed by atoms with van der Waals surface area (Å²) >= 11 is 1.33. The fourth-order valence-corrected chi connectivity index (χ4v) is 4.86. The van der Waals surface area contributed by atoms with Gasteiger partial charge in [-0.3, -0.25) is 4.79 Å². The lowest BCUT2D eigenvalue weighted by atomic mass is 10.0. The Morgan fingerprint density at radius 2 is 2.04 bits per heavy atom. The number of piperidine rings is 1. The van der Waals surface area contributed by atoms with Crippen LogP contribution in [0.4, 0.5) is 13.2 Å². The van der Waals surface area contributed by atoms with Crippen LogP contribution in [-0.2, 0) is 6.18 Å². The molecule has 4 nitrogen and oxygen atoms in total. The third kappa shape index (κ3) is 3.80. The summed E-state index contributed by atoms with van der Waals surface area (Å²) in [5, 5.41) is 0.829. The second-order valence-electron chi connectivity index (χ2n) is 7.43. The Balaban J connectivity index is 1.75. The number of halogens is 3. The van der Waals surface area contributed by atoms with Gasteiger partial charge in [0.05, 0.1) is 15.4 Å². The molecule has 150 valence electrons. The Hall–Kier alpha value is -1.93. The van der Waals surface area contributed by atoms with Crippen LogP contribution in [-0.4, -0.2) is 34.9 Å². The van der Waals surface area contributed by atoms with E-state index in [2.05, 4.69) is 4.98 Å². The highest BCUT2D eigenvalue weighted by Crippen LogP contribution is 2.45. The third-order valence-electron chi connectivity index (χ3n) is 5.35. The maximum Gasteiger partial charge on any atom is 0.416 e. The molecule has 1 aliphatic carbocycles. The number of alkyl halides is 3. The van der Waals surface area contributed by atoms with Crippen LogP contribution in [0, 0.1) is 0 Å². The fourth-order valence-electron chi connectivity index (χ4n) is 3.64. The molecule has 1 aliphatic heterocycles. The smallest absolute Gasteiger partial charge is 0.416 e. The van der Waals surface area contributed by atoms with E-state index in [0.717, 1.165) is 49.2 Å². The van der Waals surface area contributed by atoms with Gasteiger partial charge in [-0.05, 0) is 49.8 Å². The van der Waals surface area contributed by atoms with Gasteiger partial charge in [0.15, 0.2) is 0 Å². The lowest BCUT2D eigenvalue weighted by molar-refractivity contribution is -0.137. The monoisotopic (exact) mass is 408 g/mol. The first kappa shape index (κ1) is 19.4. The SMILES string of the molecule is [NH-]CC1CCCCN1C(=O)c1nc(C2CC2)sc1-c1cccc(C(F)(F)F)c1. The first-order chi connectivity index (χ1) is 13.4. The van der Waals surface area contributed by atoms with E-state index >= 15 is 0 Å². The topological polar surface area (TPSA) is 57.0 Å². The fraction of sp³-hybridized carbons (Fsp3) is 0.500. The van der Waals surface area contributed by atoms with Gasteiger partial charge in [0.2, 0.25) is 0 Å². The van der Waals surface area contributed by atoms with Gasteiger partial charge in [-0.2, -0.15) is 13.2 Å². The van der Waals surface area contributed by atoms with E-state index in [1.165, 1.54) is 17.4 Å². The van der Waals surface area contributed by atoms with Crippen LogP contribution >= 0.6 is 11.3 Å². The summed E-state index contributed by atoms with van der Waals surface area (Å²) < 4.78 is 39.5. The minimum atomic E-state index is -4.44. The van der Waals surface area contributed by atoms with Crippen LogP contribution in [0.5, 0.6) is 0 Å². The Labute approximate surface area is 165 Å². The Kier molecular flexibility index (Phi) is 5.18. The number of carbonyl (C=O) groups excluding carboxylic acids is 1. The number of thiazole rings is 1. The first-order valence-electron chi connectivity index (χ1n) is 9.52. The Morgan fingerprint density at radius 3 is 2.71 bits per heavy atom. The highest BCUT2D eigenvalue weighted by molar-refractivity contribution is 7.15. The molecule has 2 fully saturated rings.